The highest BCUT2D eigenvalue weighted by molar-refractivity contribution is 5.75. The molecule has 1 amide bonds. The number of carbonyl (C=O) groups is 1. The first kappa shape index (κ1) is 21.8. The van der Waals surface area contributed by atoms with E-state index in [2.05, 4.69) is 32.3 Å². The number of nitrogens with one attached hydrogen (secondary N) is 1. The third-order valence-electron chi connectivity index (χ3n) is 4.97. The molecule has 1 aliphatic rings. The first-order chi connectivity index (χ1) is 14.5. The van der Waals surface area contributed by atoms with Crippen molar-refractivity contribution in [1.82, 2.24) is 15.1 Å². The topological polar surface area (TPSA) is 79.7 Å². The summed E-state index contributed by atoms with van der Waals surface area (Å²) in [6.45, 7) is 8.36. The molecule has 0 spiro atoms. The predicted octanol–water partition coefficient (Wildman–Crippen LogP) is 1.50. The van der Waals surface area contributed by atoms with Gasteiger partial charge in [0.15, 0.2) is 0 Å². The van der Waals surface area contributed by atoms with Gasteiger partial charge in [0.25, 0.3) is 5.56 Å². The summed E-state index contributed by atoms with van der Waals surface area (Å²) in [5, 5.41) is 7.24. The molecule has 3 rings (SSSR count). The van der Waals surface area contributed by atoms with Crippen LogP contribution >= 0.6 is 0 Å². The molecule has 0 aliphatic carbocycles. The molecule has 8 nitrogen and oxygen atoms in total. The van der Waals surface area contributed by atoms with E-state index in [1.807, 2.05) is 32.0 Å². The molecule has 1 N–H and O–H groups in total. The van der Waals surface area contributed by atoms with Gasteiger partial charge in [-0.15, -0.1) is 0 Å². The van der Waals surface area contributed by atoms with Gasteiger partial charge in [0.2, 0.25) is 5.91 Å². The number of piperazine rings is 1. The van der Waals surface area contributed by atoms with Crippen molar-refractivity contribution in [3.63, 3.8) is 0 Å². The van der Waals surface area contributed by atoms with E-state index in [-0.39, 0.29) is 24.1 Å². The second kappa shape index (κ2) is 10.8. The minimum atomic E-state index is -0.278. The van der Waals surface area contributed by atoms with E-state index in [1.54, 1.807) is 6.07 Å². The quantitative estimate of drug-likeness (QED) is 0.628. The summed E-state index contributed by atoms with van der Waals surface area (Å²) in [5.41, 5.74) is 0.936. The van der Waals surface area contributed by atoms with E-state index < -0.39 is 0 Å². The minimum Gasteiger partial charge on any atom is -0.379 e. The molecule has 1 aliphatic heterocycles. The summed E-state index contributed by atoms with van der Waals surface area (Å²) in [5.74, 6) is 0.501. The van der Waals surface area contributed by atoms with Crippen molar-refractivity contribution < 1.29 is 9.53 Å². The Bertz CT molecular complexity index is 861. The van der Waals surface area contributed by atoms with E-state index in [4.69, 9.17) is 4.74 Å². The average Bonchev–Trinajstić information content (AvgIpc) is 2.75. The highest BCUT2D eigenvalue weighted by Gasteiger charge is 2.19. The summed E-state index contributed by atoms with van der Waals surface area (Å²) in [7, 11) is 0. The van der Waals surface area contributed by atoms with Crippen LogP contribution in [0.15, 0.2) is 47.3 Å². The molecule has 0 atom stereocenters. The van der Waals surface area contributed by atoms with Crippen LogP contribution in [-0.4, -0.2) is 61.1 Å². The number of aromatic nitrogens is 2. The van der Waals surface area contributed by atoms with Gasteiger partial charge in [0.05, 0.1) is 6.10 Å². The summed E-state index contributed by atoms with van der Waals surface area (Å²) < 4.78 is 6.69. The number of hydrogen-bond acceptors (Lipinski definition) is 6. The van der Waals surface area contributed by atoms with Gasteiger partial charge >= 0.3 is 0 Å². The molecule has 0 bridgehead atoms. The van der Waals surface area contributed by atoms with Gasteiger partial charge in [0, 0.05) is 51.1 Å². The zero-order valence-electron chi connectivity index (χ0n) is 17.8. The Kier molecular flexibility index (Phi) is 7.84. The Morgan fingerprint density at radius 2 is 1.77 bits per heavy atom. The maximum Gasteiger partial charge on any atom is 0.267 e. The molecular formula is C22H31N5O3. The molecule has 0 radical (unpaired) electrons. The Morgan fingerprint density at radius 1 is 1.07 bits per heavy atom. The third-order valence-corrected chi connectivity index (χ3v) is 4.97. The highest BCUT2D eigenvalue weighted by atomic mass is 16.5. The van der Waals surface area contributed by atoms with E-state index in [9.17, 15) is 9.59 Å². The van der Waals surface area contributed by atoms with Crippen LogP contribution < -0.4 is 20.7 Å². The van der Waals surface area contributed by atoms with Crippen molar-refractivity contribution in [1.29, 1.82) is 0 Å². The molecule has 1 fully saturated rings. The maximum atomic E-state index is 12.2. The van der Waals surface area contributed by atoms with E-state index in [1.165, 1.54) is 16.4 Å². The van der Waals surface area contributed by atoms with Crippen molar-refractivity contribution in [3.05, 3.63) is 52.8 Å². The number of hydrogen-bond donors (Lipinski definition) is 1. The molecule has 0 saturated carbocycles. The fourth-order valence-electron chi connectivity index (χ4n) is 3.36. The van der Waals surface area contributed by atoms with Crippen LogP contribution in [0.3, 0.4) is 0 Å². The van der Waals surface area contributed by atoms with Crippen LogP contribution in [0.1, 0.15) is 20.3 Å². The van der Waals surface area contributed by atoms with Crippen molar-refractivity contribution in [2.45, 2.75) is 32.9 Å². The van der Waals surface area contributed by atoms with Gasteiger partial charge < -0.3 is 19.9 Å². The van der Waals surface area contributed by atoms with Gasteiger partial charge in [-0.2, -0.15) is 5.10 Å². The standard InChI is InChI=1S/C22H31N5O3/c1-18(2)30-16-6-11-23-21(28)17-27-22(29)10-9-20(24-27)26-14-12-25(13-15-26)19-7-4-3-5-8-19/h3-5,7-10,18H,6,11-17H2,1-2H3,(H,23,28). The maximum absolute atomic E-state index is 12.2. The zero-order valence-corrected chi connectivity index (χ0v) is 17.8. The van der Waals surface area contributed by atoms with Crippen LogP contribution in [0.25, 0.3) is 0 Å². The number of rotatable bonds is 9. The normalized spacial score (nSPS) is 14.2. The van der Waals surface area contributed by atoms with Crippen molar-refractivity contribution in [2.24, 2.45) is 0 Å². The molecule has 2 aromatic rings. The summed E-state index contributed by atoms with van der Waals surface area (Å²) in [6.07, 6.45) is 0.915. The summed E-state index contributed by atoms with van der Waals surface area (Å²) in [4.78, 5) is 28.8. The molecular weight excluding hydrogens is 382 g/mol. The van der Waals surface area contributed by atoms with E-state index in [0.29, 0.717) is 13.2 Å². The lowest BCUT2D eigenvalue weighted by molar-refractivity contribution is -0.121. The van der Waals surface area contributed by atoms with Gasteiger partial charge in [-0.3, -0.25) is 9.59 Å². The number of benzene rings is 1. The van der Waals surface area contributed by atoms with Gasteiger partial charge in [-0.1, -0.05) is 18.2 Å². The number of para-hydroxylation sites is 1. The fraction of sp³-hybridized carbons (Fsp3) is 0.500. The Labute approximate surface area is 177 Å². The first-order valence-electron chi connectivity index (χ1n) is 10.5. The van der Waals surface area contributed by atoms with Crippen LogP contribution in [-0.2, 0) is 16.1 Å². The zero-order chi connectivity index (χ0) is 21.3. The van der Waals surface area contributed by atoms with Crippen LogP contribution in [0, 0.1) is 0 Å². The van der Waals surface area contributed by atoms with E-state index in [0.717, 1.165) is 38.4 Å². The van der Waals surface area contributed by atoms with Crippen LogP contribution in [0.5, 0.6) is 0 Å². The third kappa shape index (κ3) is 6.32. The molecule has 0 unspecified atom stereocenters. The van der Waals surface area contributed by atoms with Gasteiger partial charge in [-0.25, -0.2) is 4.68 Å². The number of ether oxygens (including phenoxy) is 1. The van der Waals surface area contributed by atoms with Crippen LogP contribution in [0.2, 0.25) is 0 Å². The lowest BCUT2D eigenvalue weighted by atomic mass is 10.2. The van der Waals surface area contributed by atoms with E-state index >= 15 is 0 Å². The predicted molar refractivity (Wildman–Crippen MR) is 118 cm³/mol. The molecule has 30 heavy (non-hydrogen) atoms. The van der Waals surface area contributed by atoms with Crippen LogP contribution in [0.4, 0.5) is 11.5 Å². The SMILES string of the molecule is CC(C)OCCCNC(=O)Cn1nc(N2CCN(c3ccccc3)CC2)ccc1=O. The number of carbonyl (C=O) groups excluding carboxylic acids is 1. The molecule has 1 aromatic carbocycles. The molecule has 1 saturated heterocycles. The Morgan fingerprint density at radius 3 is 2.47 bits per heavy atom. The number of amides is 1. The Hall–Kier alpha value is -2.87. The fourth-order valence-corrected chi connectivity index (χ4v) is 3.36. The minimum absolute atomic E-state index is 0.0817. The number of nitrogens with zero attached hydrogens (tertiary/aromatic N) is 4. The molecule has 8 heteroatoms. The van der Waals surface area contributed by atoms with Crippen molar-refractivity contribution in [3.8, 4) is 0 Å². The summed E-state index contributed by atoms with van der Waals surface area (Å²) >= 11 is 0. The molecule has 2 heterocycles. The van der Waals surface area contributed by atoms with Gasteiger partial charge in [-0.05, 0) is 38.5 Å². The monoisotopic (exact) mass is 413 g/mol. The first-order valence-corrected chi connectivity index (χ1v) is 10.5. The Balaban J connectivity index is 1.51. The molecule has 1 aromatic heterocycles. The number of anilines is 2. The lowest BCUT2D eigenvalue weighted by Gasteiger charge is -2.36. The van der Waals surface area contributed by atoms with Crippen molar-refractivity contribution >= 4 is 17.4 Å². The highest BCUT2D eigenvalue weighted by Crippen LogP contribution is 2.18. The smallest absolute Gasteiger partial charge is 0.267 e. The van der Waals surface area contributed by atoms with Gasteiger partial charge in [0.1, 0.15) is 12.4 Å². The van der Waals surface area contributed by atoms with Crippen molar-refractivity contribution in [2.75, 3.05) is 49.1 Å². The average molecular weight is 414 g/mol. The molecule has 162 valence electrons. The largest absolute Gasteiger partial charge is 0.379 e. The summed E-state index contributed by atoms with van der Waals surface area (Å²) in [6, 6.07) is 13.5. The lowest BCUT2D eigenvalue weighted by Crippen LogP contribution is -2.47. The second-order valence-electron chi connectivity index (χ2n) is 7.62. The second-order valence-corrected chi connectivity index (χ2v) is 7.62.